The molecule has 11 heteroatoms. The van der Waals surface area contributed by atoms with Gasteiger partial charge in [0.25, 0.3) is 5.91 Å². The molecule has 0 unspecified atom stereocenters. The number of anilines is 1. The van der Waals surface area contributed by atoms with Gasteiger partial charge in [-0.3, -0.25) is 15.4 Å². The van der Waals surface area contributed by atoms with E-state index in [-0.39, 0.29) is 20.6 Å². The second-order valence-electron chi connectivity index (χ2n) is 6.70. The molecule has 1 saturated heterocycles. The predicted molar refractivity (Wildman–Crippen MR) is 116 cm³/mol. The molecule has 30 heavy (non-hydrogen) atoms. The second-order valence-corrected chi connectivity index (χ2v) is 10.4. The van der Waals surface area contributed by atoms with Crippen LogP contribution < -0.4 is 16.0 Å². The molecule has 1 aromatic heterocycles. The number of sulfone groups is 1. The number of fused-ring (bicyclic) bond motifs is 1. The van der Waals surface area contributed by atoms with Crippen LogP contribution in [0.5, 0.6) is 0 Å². The molecule has 2 aromatic carbocycles. The van der Waals surface area contributed by atoms with Crippen LogP contribution in [0.3, 0.4) is 0 Å². The van der Waals surface area contributed by atoms with Gasteiger partial charge in [0.1, 0.15) is 0 Å². The third-order valence-corrected chi connectivity index (χ3v) is 8.16. The van der Waals surface area contributed by atoms with Crippen LogP contribution >= 0.6 is 22.9 Å². The maximum atomic E-state index is 12.8. The lowest BCUT2D eigenvalue weighted by Gasteiger charge is -2.10. The van der Waals surface area contributed by atoms with Crippen LogP contribution in [0.25, 0.3) is 10.2 Å². The SMILES string of the molecule is O=C(NC(=O)c1ccccc1Cl)Nc1nc2ccc(S(=O)(=O)[C@H]3CCNC3)cc2s1. The molecular formula is C19H17ClN4O4S2. The van der Waals surface area contributed by atoms with Gasteiger partial charge in [-0.25, -0.2) is 18.2 Å². The fourth-order valence-electron chi connectivity index (χ4n) is 3.17. The Bertz CT molecular complexity index is 1240. The maximum Gasteiger partial charge on any atom is 0.327 e. The van der Waals surface area contributed by atoms with E-state index in [0.29, 0.717) is 29.7 Å². The highest BCUT2D eigenvalue weighted by Gasteiger charge is 2.30. The molecule has 0 radical (unpaired) electrons. The van der Waals surface area contributed by atoms with E-state index in [1.807, 2.05) is 0 Å². The summed E-state index contributed by atoms with van der Waals surface area (Å²) in [5, 5.41) is 7.78. The number of benzene rings is 2. The van der Waals surface area contributed by atoms with Gasteiger partial charge >= 0.3 is 6.03 Å². The number of rotatable bonds is 4. The molecule has 8 nitrogen and oxygen atoms in total. The first kappa shape index (κ1) is 20.7. The number of carbonyl (C=O) groups excluding carboxylic acids is 2. The third-order valence-electron chi connectivity index (χ3n) is 4.71. The van der Waals surface area contributed by atoms with Crippen molar-refractivity contribution in [2.75, 3.05) is 18.4 Å². The van der Waals surface area contributed by atoms with E-state index in [9.17, 15) is 18.0 Å². The van der Waals surface area contributed by atoms with Gasteiger partial charge in [0.05, 0.1) is 30.9 Å². The Morgan fingerprint density at radius 1 is 1.20 bits per heavy atom. The Morgan fingerprint density at radius 2 is 2.00 bits per heavy atom. The fraction of sp³-hybridized carbons (Fsp3) is 0.211. The summed E-state index contributed by atoms with van der Waals surface area (Å²) < 4.78 is 26.1. The van der Waals surface area contributed by atoms with Gasteiger partial charge in [-0.1, -0.05) is 35.1 Å². The summed E-state index contributed by atoms with van der Waals surface area (Å²) in [6.07, 6.45) is 0.579. The average molecular weight is 465 g/mol. The number of nitrogens with one attached hydrogen (secondary N) is 3. The van der Waals surface area contributed by atoms with Gasteiger partial charge in [-0.05, 0) is 43.3 Å². The zero-order valence-corrected chi connectivity index (χ0v) is 17.9. The molecule has 2 heterocycles. The molecule has 4 rings (SSSR count). The van der Waals surface area contributed by atoms with Crippen molar-refractivity contribution in [1.82, 2.24) is 15.6 Å². The molecule has 0 bridgehead atoms. The lowest BCUT2D eigenvalue weighted by molar-refractivity contribution is 0.0967. The van der Waals surface area contributed by atoms with Crippen molar-refractivity contribution in [2.24, 2.45) is 0 Å². The zero-order chi connectivity index (χ0) is 21.3. The predicted octanol–water partition coefficient (Wildman–Crippen LogP) is 3.05. The summed E-state index contributed by atoms with van der Waals surface area (Å²) in [6, 6.07) is 10.3. The largest absolute Gasteiger partial charge is 0.327 e. The van der Waals surface area contributed by atoms with E-state index >= 15 is 0 Å². The van der Waals surface area contributed by atoms with Crippen LogP contribution in [0.1, 0.15) is 16.8 Å². The van der Waals surface area contributed by atoms with E-state index < -0.39 is 27.0 Å². The minimum absolute atomic E-state index is 0.176. The second kappa shape index (κ2) is 8.31. The number of hydrogen-bond donors (Lipinski definition) is 3. The van der Waals surface area contributed by atoms with Gasteiger partial charge in [0.15, 0.2) is 15.0 Å². The number of amides is 3. The van der Waals surface area contributed by atoms with Gasteiger partial charge in [-0.15, -0.1) is 0 Å². The van der Waals surface area contributed by atoms with Crippen molar-refractivity contribution in [3.8, 4) is 0 Å². The fourth-order valence-corrected chi connectivity index (χ4v) is 6.05. The molecule has 3 amide bonds. The number of thiazole rings is 1. The maximum absolute atomic E-state index is 12.8. The average Bonchev–Trinajstić information content (AvgIpc) is 3.37. The minimum Gasteiger partial charge on any atom is -0.315 e. The third kappa shape index (κ3) is 4.17. The van der Waals surface area contributed by atoms with Crippen LogP contribution in [0.2, 0.25) is 5.02 Å². The molecule has 156 valence electrons. The first-order valence-corrected chi connectivity index (χ1v) is 11.8. The number of hydrogen-bond acceptors (Lipinski definition) is 7. The zero-order valence-electron chi connectivity index (χ0n) is 15.5. The lowest BCUT2D eigenvalue weighted by atomic mass is 10.2. The van der Waals surface area contributed by atoms with Crippen molar-refractivity contribution >= 4 is 60.1 Å². The van der Waals surface area contributed by atoms with Crippen molar-refractivity contribution in [3.05, 3.63) is 53.1 Å². The van der Waals surface area contributed by atoms with Crippen molar-refractivity contribution < 1.29 is 18.0 Å². The monoisotopic (exact) mass is 464 g/mol. The number of nitrogens with zero attached hydrogens (tertiary/aromatic N) is 1. The Kier molecular flexibility index (Phi) is 5.74. The number of aromatic nitrogens is 1. The summed E-state index contributed by atoms with van der Waals surface area (Å²) in [6.45, 7) is 1.12. The Hall–Kier alpha value is -2.53. The first-order valence-electron chi connectivity index (χ1n) is 9.06. The topological polar surface area (TPSA) is 117 Å². The van der Waals surface area contributed by atoms with Gasteiger partial charge in [0.2, 0.25) is 0 Å². The Morgan fingerprint density at radius 3 is 2.73 bits per heavy atom. The number of carbonyl (C=O) groups is 2. The van der Waals surface area contributed by atoms with E-state index in [4.69, 9.17) is 11.6 Å². The first-order chi connectivity index (χ1) is 14.3. The van der Waals surface area contributed by atoms with Crippen LogP contribution in [0.15, 0.2) is 47.4 Å². The Labute approximate surface area is 181 Å². The van der Waals surface area contributed by atoms with Gasteiger partial charge in [0, 0.05) is 6.54 Å². The summed E-state index contributed by atoms with van der Waals surface area (Å²) in [5.74, 6) is -0.641. The van der Waals surface area contributed by atoms with Crippen molar-refractivity contribution in [1.29, 1.82) is 0 Å². The van der Waals surface area contributed by atoms with Crippen molar-refractivity contribution in [3.63, 3.8) is 0 Å². The Balaban J connectivity index is 1.49. The van der Waals surface area contributed by atoms with Gasteiger partial charge in [-0.2, -0.15) is 0 Å². The summed E-state index contributed by atoms with van der Waals surface area (Å²) >= 11 is 7.08. The smallest absolute Gasteiger partial charge is 0.315 e. The standard InChI is InChI=1S/C19H17ClN4O4S2/c20-14-4-2-1-3-13(14)17(25)23-18(26)24-19-22-15-6-5-11(9-16(15)29-19)30(27,28)12-7-8-21-10-12/h1-6,9,12,21H,7-8,10H2,(H2,22,23,24,25,26)/t12-/m0/s1. The molecule has 0 aliphatic carbocycles. The van der Waals surface area contributed by atoms with Crippen molar-refractivity contribution in [2.45, 2.75) is 16.6 Å². The molecule has 1 aliphatic heterocycles. The highest BCUT2D eigenvalue weighted by molar-refractivity contribution is 7.92. The molecule has 1 atom stereocenters. The van der Waals surface area contributed by atoms with Crippen LogP contribution in [-0.4, -0.2) is 43.7 Å². The van der Waals surface area contributed by atoms with E-state index in [0.717, 1.165) is 11.3 Å². The molecule has 1 aliphatic rings. The summed E-state index contributed by atoms with van der Waals surface area (Å²) in [7, 11) is -3.44. The number of halogens is 1. The molecule has 3 aromatic rings. The normalized spacial score (nSPS) is 16.5. The highest BCUT2D eigenvalue weighted by Crippen LogP contribution is 2.30. The molecular weight excluding hydrogens is 448 g/mol. The van der Waals surface area contributed by atoms with E-state index in [2.05, 4.69) is 20.9 Å². The van der Waals surface area contributed by atoms with E-state index in [1.165, 1.54) is 12.1 Å². The quantitative estimate of drug-likeness (QED) is 0.546. The molecule has 0 spiro atoms. The molecule has 1 fully saturated rings. The summed E-state index contributed by atoms with van der Waals surface area (Å²) in [4.78, 5) is 28.8. The van der Waals surface area contributed by atoms with Crippen LogP contribution in [-0.2, 0) is 9.84 Å². The minimum atomic E-state index is -3.44. The van der Waals surface area contributed by atoms with Crippen LogP contribution in [0.4, 0.5) is 9.93 Å². The lowest BCUT2D eigenvalue weighted by Crippen LogP contribution is -2.34. The molecule has 0 saturated carbocycles. The van der Waals surface area contributed by atoms with Gasteiger partial charge < -0.3 is 5.32 Å². The number of imide groups is 1. The summed E-state index contributed by atoms with van der Waals surface area (Å²) in [5.41, 5.74) is 0.728. The van der Waals surface area contributed by atoms with Crippen LogP contribution in [0, 0.1) is 0 Å². The highest BCUT2D eigenvalue weighted by atomic mass is 35.5. The molecule has 3 N–H and O–H groups in total. The number of urea groups is 1. The van der Waals surface area contributed by atoms with E-state index in [1.54, 1.807) is 30.3 Å².